The number of hydrogen-bond acceptors (Lipinski definition) is 3. The van der Waals surface area contributed by atoms with Gasteiger partial charge >= 0.3 is 0 Å². The second-order valence-corrected chi connectivity index (χ2v) is 6.51. The fraction of sp³-hybridized carbons (Fsp3) is 0.588. The van der Waals surface area contributed by atoms with E-state index in [0.29, 0.717) is 17.5 Å². The Bertz CT molecular complexity index is 544. The molecule has 0 aliphatic carbocycles. The van der Waals surface area contributed by atoms with Gasteiger partial charge in [0.25, 0.3) is 5.91 Å². The Labute approximate surface area is 126 Å². The Hall–Kier alpha value is -1.55. The molecule has 0 radical (unpaired) electrons. The monoisotopic (exact) mass is 288 g/mol. The van der Waals surface area contributed by atoms with Crippen LogP contribution >= 0.6 is 0 Å². The molecule has 3 rings (SSSR count). The Kier molecular flexibility index (Phi) is 3.89. The molecule has 2 atom stereocenters. The highest BCUT2D eigenvalue weighted by atomic mass is 16.3. The van der Waals surface area contributed by atoms with Gasteiger partial charge in [0.15, 0.2) is 0 Å². The largest absolute Gasteiger partial charge is 0.507 e. The summed E-state index contributed by atoms with van der Waals surface area (Å²) in [6, 6.07) is 5.85. The summed E-state index contributed by atoms with van der Waals surface area (Å²) in [5.74, 6) is 0.643. The van der Waals surface area contributed by atoms with Crippen LogP contribution in [0.1, 0.15) is 35.2 Å². The first kappa shape index (κ1) is 14.4. The van der Waals surface area contributed by atoms with Crippen LogP contribution in [0.4, 0.5) is 0 Å². The third-order valence-electron chi connectivity index (χ3n) is 5.02. The summed E-state index contributed by atoms with van der Waals surface area (Å²) in [5, 5.41) is 9.95. The maximum atomic E-state index is 12.7. The number of piperidine rings is 2. The van der Waals surface area contributed by atoms with Crippen molar-refractivity contribution in [2.75, 3.05) is 26.7 Å². The standard InChI is InChI=1S/C17H24N2O2/c1-12-5-6-16(20)14(10-12)17(21)19-9-7-15-13(11-19)4-3-8-18(15)2/h5-6,10,13,15,20H,3-4,7-9,11H2,1-2H3. The number of phenolic OH excluding ortho intramolecular Hbond substituents is 1. The summed E-state index contributed by atoms with van der Waals surface area (Å²) in [7, 11) is 2.20. The normalized spacial score (nSPS) is 26.5. The van der Waals surface area contributed by atoms with E-state index >= 15 is 0 Å². The smallest absolute Gasteiger partial charge is 0.257 e. The molecule has 2 fully saturated rings. The number of benzene rings is 1. The van der Waals surface area contributed by atoms with E-state index in [1.807, 2.05) is 17.9 Å². The Morgan fingerprint density at radius 2 is 2.10 bits per heavy atom. The molecule has 0 bridgehead atoms. The zero-order valence-corrected chi connectivity index (χ0v) is 12.9. The number of amides is 1. The fourth-order valence-electron chi connectivity index (χ4n) is 3.83. The summed E-state index contributed by atoms with van der Waals surface area (Å²) < 4.78 is 0. The molecule has 2 aliphatic heterocycles. The van der Waals surface area contributed by atoms with Gasteiger partial charge in [0.05, 0.1) is 5.56 Å². The quantitative estimate of drug-likeness (QED) is 0.862. The molecular formula is C17H24N2O2. The fourth-order valence-corrected chi connectivity index (χ4v) is 3.83. The van der Waals surface area contributed by atoms with Crippen molar-refractivity contribution in [1.29, 1.82) is 0 Å². The lowest BCUT2D eigenvalue weighted by molar-refractivity contribution is 0.0315. The van der Waals surface area contributed by atoms with Gasteiger partial charge in [-0.25, -0.2) is 0 Å². The summed E-state index contributed by atoms with van der Waals surface area (Å²) in [6.07, 6.45) is 3.47. The van der Waals surface area contributed by atoms with Crippen LogP contribution in [0, 0.1) is 12.8 Å². The molecule has 0 spiro atoms. The molecule has 2 heterocycles. The van der Waals surface area contributed by atoms with Crippen LogP contribution in [0.3, 0.4) is 0 Å². The molecule has 2 unspecified atom stereocenters. The number of likely N-dealkylation sites (tertiary alicyclic amines) is 2. The number of carbonyl (C=O) groups is 1. The molecule has 1 N–H and O–H groups in total. The number of nitrogens with zero attached hydrogens (tertiary/aromatic N) is 2. The highest BCUT2D eigenvalue weighted by Gasteiger charge is 2.36. The number of hydrogen-bond donors (Lipinski definition) is 1. The highest BCUT2D eigenvalue weighted by molar-refractivity contribution is 5.97. The average Bonchev–Trinajstić information content (AvgIpc) is 2.49. The van der Waals surface area contributed by atoms with Crippen LogP contribution in [0.5, 0.6) is 5.75 Å². The summed E-state index contributed by atoms with van der Waals surface area (Å²) >= 11 is 0. The van der Waals surface area contributed by atoms with E-state index in [1.54, 1.807) is 12.1 Å². The second-order valence-electron chi connectivity index (χ2n) is 6.51. The number of fused-ring (bicyclic) bond motifs is 1. The van der Waals surface area contributed by atoms with Crippen molar-refractivity contribution in [2.45, 2.75) is 32.2 Å². The van der Waals surface area contributed by atoms with E-state index in [1.165, 1.54) is 19.4 Å². The molecule has 114 valence electrons. The first-order valence-corrected chi connectivity index (χ1v) is 7.85. The van der Waals surface area contributed by atoms with Gasteiger partial charge in [0.2, 0.25) is 0 Å². The Balaban J connectivity index is 1.76. The van der Waals surface area contributed by atoms with Crippen molar-refractivity contribution in [1.82, 2.24) is 9.80 Å². The molecule has 4 nitrogen and oxygen atoms in total. The highest BCUT2D eigenvalue weighted by Crippen LogP contribution is 2.31. The number of carbonyl (C=O) groups excluding carboxylic acids is 1. The van der Waals surface area contributed by atoms with E-state index in [0.717, 1.165) is 25.1 Å². The summed E-state index contributed by atoms with van der Waals surface area (Å²) in [4.78, 5) is 17.1. The van der Waals surface area contributed by atoms with E-state index in [9.17, 15) is 9.90 Å². The minimum absolute atomic E-state index is 0.0251. The SMILES string of the molecule is Cc1ccc(O)c(C(=O)N2CCC3C(CCCN3C)C2)c1. The number of phenols is 1. The lowest BCUT2D eigenvalue weighted by Gasteiger charge is -2.46. The van der Waals surface area contributed by atoms with Crippen molar-refractivity contribution in [3.63, 3.8) is 0 Å². The van der Waals surface area contributed by atoms with Crippen molar-refractivity contribution < 1.29 is 9.90 Å². The molecule has 1 aromatic rings. The maximum Gasteiger partial charge on any atom is 0.257 e. The zero-order valence-electron chi connectivity index (χ0n) is 12.9. The van der Waals surface area contributed by atoms with Crippen molar-refractivity contribution in [3.05, 3.63) is 29.3 Å². The van der Waals surface area contributed by atoms with Crippen LogP contribution in [0.2, 0.25) is 0 Å². The summed E-state index contributed by atoms with van der Waals surface area (Å²) in [6.45, 7) is 4.73. The predicted molar refractivity (Wildman–Crippen MR) is 82.5 cm³/mol. The van der Waals surface area contributed by atoms with E-state index in [2.05, 4.69) is 11.9 Å². The van der Waals surface area contributed by atoms with Gasteiger partial charge in [-0.15, -0.1) is 0 Å². The minimum Gasteiger partial charge on any atom is -0.507 e. The van der Waals surface area contributed by atoms with E-state index in [4.69, 9.17) is 0 Å². The summed E-state index contributed by atoms with van der Waals surface area (Å²) in [5.41, 5.74) is 1.45. The number of aromatic hydroxyl groups is 1. The maximum absolute atomic E-state index is 12.7. The molecule has 0 saturated carbocycles. The first-order chi connectivity index (χ1) is 10.1. The average molecular weight is 288 g/mol. The van der Waals surface area contributed by atoms with Crippen LogP contribution in [-0.2, 0) is 0 Å². The molecule has 21 heavy (non-hydrogen) atoms. The first-order valence-electron chi connectivity index (χ1n) is 7.85. The molecule has 1 aromatic carbocycles. The Morgan fingerprint density at radius 3 is 2.90 bits per heavy atom. The van der Waals surface area contributed by atoms with Crippen molar-refractivity contribution in [3.8, 4) is 5.75 Å². The van der Waals surface area contributed by atoms with E-state index in [-0.39, 0.29) is 11.7 Å². The predicted octanol–water partition coefficient (Wildman–Crippen LogP) is 2.26. The van der Waals surface area contributed by atoms with Crippen molar-refractivity contribution in [2.24, 2.45) is 5.92 Å². The van der Waals surface area contributed by atoms with Gasteiger partial charge in [0, 0.05) is 19.1 Å². The van der Waals surface area contributed by atoms with Gasteiger partial charge in [-0.2, -0.15) is 0 Å². The van der Waals surface area contributed by atoms with Gasteiger partial charge in [-0.3, -0.25) is 4.79 Å². The van der Waals surface area contributed by atoms with Gasteiger partial charge in [-0.05, 0) is 57.8 Å². The Morgan fingerprint density at radius 1 is 1.29 bits per heavy atom. The van der Waals surface area contributed by atoms with Gasteiger partial charge in [0.1, 0.15) is 5.75 Å². The van der Waals surface area contributed by atoms with Crippen LogP contribution in [-0.4, -0.2) is 53.5 Å². The number of rotatable bonds is 1. The lowest BCUT2D eigenvalue weighted by Crippen LogP contribution is -2.53. The third-order valence-corrected chi connectivity index (χ3v) is 5.02. The van der Waals surface area contributed by atoms with E-state index < -0.39 is 0 Å². The second kappa shape index (κ2) is 5.68. The lowest BCUT2D eigenvalue weighted by atomic mass is 9.84. The topological polar surface area (TPSA) is 43.8 Å². The molecule has 2 saturated heterocycles. The molecular weight excluding hydrogens is 264 g/mol. The minimum atomic E-state index is -0.0251. The third kappa shape index (κ3) is 2.77. The van der Waals surface area contributed by atoms with Gasteiger partial charge < -0.3 is 14.9 Å². The molecule has 1 amide bonds. The van der Waals surface area contributed by atoms with Crippen molar-refractivity contribution >= 4 is 5.91 Å². The zero-order chi connectivity index (χ0) is 15.0. The molecule has 0 aromatic heterocycles. The van der Waals surface area contributed by atoms with Crippen LogP contribution < -0.4 is 0 Å². The van der Waals surface area contributed by atoms with Crippen LogP contribution in [0.15, 0.2) is 18.2 Å². The molecule has 2 aliphatic rings. The molecule has 4 heteroatoms. The van der Waals surface area contributed by atoms with Gasteiger partial charge in [-0.1, -0.05) is 11.6 Å². The number of aryl methyl sites for hydroxylation is 1. The van der Waals surface area contributed by atoms with Crippen LogP contribution in [0.25, 0.3) is 0 Å².